The Balaban J connectivity index is 3.03. The molecule has 0 saturated heterocycles. The maximum Gasteiger partial charge on any atom is 0.307 e. The van der Waals surface area contributed by atoms with Crippen LogP contribution in [0.4, 0.5) is 0 Å². The summed E-state index contributed by atoms with van der Waals surface area (Å²) in [4.78, 5) is 34.8. The molecule has 1 heterocycles. The second-order valence-corrected chi connectivity index (χ2v) is 5.27. The number of carboxylic acid groups (broad SMARTS) is 2. The lowest BCUT2D eigenvalue weighted by Gasteiger charge is -2.21. The van der Waals surface area contributed by atoms with Gasteiger partial charge in [0, 0.05) is 18.8 Å². The van der Waals surface area contributed by atoms with E-state index in [1.54, 1.807) is 0 Å². The van der Waals surface area contributed by atoms with Crippen LogP contribution in [0.2, 0.25) is 0 Å². The molecule has 0 fully saturated rings. The molecule has 0 aromatic carbocycles. The molecule has 8 heteroatoms. The Morgan fingerprint density at radius 1 is 1.26 bits per heavy atom. The molecule has 1 aromatic heterocycles. The Morgan fingerprint density at radius 2 is 1.84 bits per heavy atom. The largest absolute Gasteiger partial charge is 0.481 e. The van der Waals surface area contributed by atoms with Crippen LogP contribution in [0.25, 0.3) is 0 Å². The van der Waals surface area contributed by atoms with Crippen molar-refractivity contribution in [2.75, 3.05) is 0 Å². The second-order valence-electron chi connectivity index (χ2n) is 3.97. The highest BCUT2D eigenvalue weighted by Crippen LogP contribution is 2.45. The minimum Gasteiger partial charge on any atom is -0.481 e. The predicted molar refractivity (Wildman–Crippen MR) is 66.2 cm³/mol. The molecule has 0 radical (unpaired) electrons. The lowest BCUT2D eigenvalue weighted by Crippen LogP contribution is -2.21. The monoisotopic (exact) mass is 287 g/mol. The van der Waals surface area contributed by atoms with Gasteiger partial charge < -0.3 is 15.1 Å². The van der Waals surface area contributed by atoms with Gasteiger partial charge in [0.2, 0.25) is 0 Å². The van der Waals surface area contributed by atoms with Crippen molar-refractivity contribution in [2.24, 2.45) is 5.92 Å². The maximum absolute atomic E-state index is 11.4. The molecular formula is C11H14NO6P. The summed E-state index contributed by atoms with van der Waals surface area (Å²) < 4.78 is 11.4. The van der Waals surface area contributed by atoms with E-state index < -0.39 is 31.5 Å². The quantitative estimate of drug-likeness (QED) is 0.642. The van der Waals surface area contributed by atoms with E-state index in [4.69, 9.17) is 10.2 Å². The van der Waals surface area contributed by atoms with Gasteiger partial charge in [-0.25, -0.2) is 0 Å². The summed E-state index contributed by atoms with van der Waals surface area (Å²) >= 11 is 0. The number of pyridine rings is 1. The molecule has 0 aliphatic carbocycles. The fourth-order valence-electron chi connectivity index (χ4n) is 1.83. The zero-order chi connectivity index (χ0) is 14.4. The summed E-state index contributed by atoms with van der Waals surface area (Å²) in [6.45, 7) is 0. The van der Waals surface area contributed by atoms with E-state index >= 15 is 0 Å². The first-order valence-corrected chi connectivity index (χ1v) is 6.94. The van der Waals surface area contributed by atoms with Gasteiger partial charge in [-0.15, -0.1) is 0 Å². The molecule has 0 saturated carbocycles. The molecule has 0 aliphatic rings. The number of hydrogen-bond acceptors (Lipinski definition) is 4. The number of rotatable bonds is 7. The van der Waals surface area contributed by atoms with Gasteiger partial charge >= 0.3 is 11.9 Å². The highest BCUT2D eigenvalue weighted by molar-refractivity contribution is 7.38. The van der Waals surface area contributed by atoms with Crippen LogP contribution in [0, 0.1) is 5.92 Å². The van der Waals surface area contributed by atoms with Crippen molar-refractivity contribution >= 4 is 20.0 Å². The normalized spacial score (nSPS) is 15.4. The number of nitrogens with zero attached hydrogens (tertiary/aromatic N) is 1. The fourth-order valence-corrected chi connectivity index (χ4v) is 2.96. The van der Waals surface area contributed by atoms with Crippen LogP contribution < -0.4 is 0 Å². The summed E-state index contributed by atoms with van der Waals surface area (Å²) in [6.07, 6.45) is 2.22. The van der Waals surface area contributed by atoms with E-state index in [0.717, 1.165) is 0 Å². The standard InChI is InChI=1S/C11H14NO6P/c13-9(14)2-1-8(11(15)16)10(19(17)18)7-3-5-12-6-4-7/h3-6,8,10,19H,1-2H2,(H,13,14)(H,15,16)(H,17,18). The van der Waals surface area contributed by atoms with Gasteiger partial charge in [0.25, 0.3) is 0 Å². The highest BCUT2D eigenvalue weighted by Gasteiger charge is 2.33. The van der Waals surface area contributed by atoms with Crippen molar-refractivity contribution in [3.8, 4) is 0 Å². The van der Waals surface area contributed by atoms with Crippen LogP contribution in [0.15, 0.2) is 24.5 Å². The number of hydrogen-bond donors (Lipinski definition) is 3. The third-order valence-electron chi connectivity index (χ3n) is 2.72. The molecule has 104 valence electrons. The van der Waals surface area contributed by atoms with E-state index in [1.165, 1.54) is 24.5 Å². The Bertz CT molecular complexity index is 477. The molecule has 1 rings (SSSR count). The van der Waals surface area contributed by atoms with Gasteiger partial charge in [-0.1, -0.05) is 0 Å². The van der Waals surface area contributed by atoms with E-state index in [0.29, 0.717) is 5.56 Å². The highest BCUT2D eigenvalue weighted by atomic mass is 31.1. The average Bonchev–Trinajstić information content (AvgIpc) is 2.34. The lowest BCUT2D eigenvalue weighted by molar-refractivity contribution is -0.143. The molecule has 0 bridgehead atoms. The lowest BCUT2D eigenvalue weighted by atomic mass is 9.94. The van der Waals surface area contributed by atoms with Crippen LogP contribution in [-0.2, 0) is 14.2 Å². The summed E-state index contributed by atoms with van der Waals surface area (Å²) in [7, 11) is -3.17. The average molecular weight is 287 g/mol. The van der Waals surface area contributed by atoms with Crippen molar-refractivity contribution in [3.05, 3.63) is 30.1 Å². The molecule has 3 atom stereocenters. The summed E-state index contributed by atoms with van der Waals surface area (Å²) in [5, 5.41) is 17.7. The van der Waals surface area contributed by atoms with Crippen LogP contribution in [0.1, 0.15) is 24.1 Å². The molecule has 0 aliphatic heterocycles. The smallest absolute Gasteiger partial charge is 0.307 e. The van der Waals surface area contributed by atoms with Gasteiger partial charge in [0.1, 0.15) is 0 Å². The molecule has 19 heavy (non-hydrogen) atoms. The van der Waals surface area contributed by atoms with Crippen LogP contribution >= 0.6 is 8.03 Å². The summed E-state index contributed by atoms with van der Waals surface area (Å²) in [5.74, 6) is -3.64. The Hall–Kier alpha value is -1.72. The molecule has 1 aromatic rings. The van der Waals surface area contributed by atoms with Crippen molar-refractivity contribution in [3.63, 3.8) is 0 Å². The van der Waals surface area contributed by atoms with Crippen molar-refractivity contribution < 1.29 is 29.3 Å². The van der Waals surface area contributed by atoms with Gasteiger partial charge in [-0.05, 0) is 24.1 Å². The molecular weight excluding hydrogens is 273 g/mol. The van der Waals surface area contributed by atoms with Crippen molar-refractivity contribution in [1.82, 2.24) is 4.98 Å². The first kappa shape index (κ1) is 15.3. The van der Waals surface area contributed by atoms with Crippen LogP contribution in [0.5, 0.6) is 0 Å². The van der Waals surface area contributed by atoms with E-state index in [9.17, 15) is 19.0 Å². The molecule has 0 amide bonds. The predicted octanol–water partition coefficient (Wildman–Crippen LogP) is 1.16. The van der Waals surface area contributed by atoms with Crippen LogP contribution in [0.3, 0.4) is 0 Å². The minimum atomic E-state index is -3.17. The SMILES string of the molecule is O=C(O)CCC(C(=O)O)C(c1ccncc1)[PH](=O)O. The van der Waals surface area contributed by atoms with E-state index in [2.05, 4.69) is 4.98 Å². The third-order valence-corrected chi connectivity index (χ3v) is 3.99. The van der Waals surface area contributed by atoms with E-state index in [1.807, 2.05) is 0 Å². The van der Waals surface area contributed by atoms with Crippen LogP contribution in [-0.4, -0.2) is 32.0 Å². The first-order valence-electron chi connectivity index (χ1n) is 5.50. The molecule has 3 N–H and O–H groups in total. The second kappa shape index (κ2) is 7.01. The minimum absolute atomic E-state index is 0.200. The summed E-state index contributed by atoms with van der Waals surface area (Å²) in [6, 6.07) is 2.92. The number of carboxylic acids is 2. The Labute approximate surface area is 109 Å². The fraction of sp³-hybridized carbons (Fsp3) is 0.364. The van der Waals surface area contributed by atoms with Gasteiger partial charge in [-0.2, -0.15) is 0 Å². The molecule has 3 unspecified atom stereocenters. The van der Waals surface area contributed by atoms with E-state index in [-0.39, 0.29) is 12.8 Å². The topological polar surface area (TPSA) is 125 Å². The molecule has 0 spiro atoms. The number of aromatic nitrogens is 1. The van der Waals surface area contributed by atoms with Crippen molar-refractivity contribution in [1.29, 1.82) is 0 Å². The summed E-state index contributed by atoms with van der Waals surface area (Å²) in [5.41, 5.74) is -0.732. The zero-order valence-electron chi connectivity index (χ0n) is 9.89. The van der Waals surface area contributed by atoms with Crippen molar-refractivity contribution in [2.45, 2.75) is 18.5 Å². The third kappa shape index (κ3) is 4.46. The van der Waals surface area contributed by atoms with Gasteiger partial charge in [-0.3, -0.25) is 19.1 Å². The number of aliphatic carboxylic acids is 2. The molecule has 7 nitrogen and oxygen atoms in total. The zero-order valence-corrected chi connectivity index (χ0v) is 10.9. The number of carbonyl (C=O) groups is 2. The van der Waals surface area contributed by atoms with Gasteiger partial charge in [0.15, 0.2) is 8.03 Å². The maximum atomic E-state index is 11.4. The Kier molecular flexibility index (Phi) is 5.66. The van der Waals surface area contributed by atoms with Gasteiger partial charge in [0.05, 0.1) is 11.6 Å². The first-order chi connectivity index (χ1) is 8.93. The Morgan fingerprint density at radius 3 is 2.26 bits per heavy atom.